The summed E-state index contributed by atoms with van der Waals surface area (Å²) >= 11 is 1.91. The van der Waals surface area contributed by atoms with Gasteiger partial charge >= 0.3 is 0 Å². The van der Waals surface area contributed by atoms with Gasteiger partial charge in [0.1, 0.15) is 5.82 Å². The van der Waals surface area contributed by atoms with Crippen molar-refractivity contribution in [1.82, 2.24) is 5.32 Å². The first-order chi connectivity index (χ1) is 9.70. The summed E-state index contributed by atoms with van der Waals surface area (Å²) in [5.41, 5.74) is 6.10. The van der Waals surface area contributed by atoms with Crippen LogP contribution >= 0.6 is 11.8 Å². The highest BCUT2D eigenvalue weighted by Gasteiger charge is 2.17. The minimum Gasteiger partial charge on any atom is -0.352 e. The summed E-state index contributed by atoms with van der Waals surface area (Å²) in [5, 5.41) is 2.90. The molecule has 0 saturated carbocycles. The van der Waals surface area contributed by atoms with E-state index < -0.39 is 5.82 Å². The topological polar surface area (TPSA) is 55.1 Å². The molecule has 1 aromatic carbocycles. The summed E-state index contributed by atoms with van der Waals surface area (Å²) in [7, 11) is 0. The molecule has 0 spiro atoms. The molecule has 1 fully saturated rings. The van der Waals surface area contributed by atoms with Gasteiger partial charge in [-0.15, -0.1) is 0 Å². The molecule has 1 unspecified atom stereocenters. The van der Waals surface area contributed by atoms with Crippen molar-refractivity contribution in [2.45, 2.75) is 6.42 Å². The molecule has 1 aliphatic heterocycles. The molecule has 2 rings (SSSR count). The first-order valence-corrected chi connectivity index (χ1v) is 7.70. The normalized spacial score (nSPS) is 17.4. The van der Waals surface area contributed by atoms with Crippen molar-refractivity contribution in [3.05, 3.63) is 35.1 Å². The second kappa shape index (κ2) is 7.32. The minimum absolute atomic E-state index is 0.177. The number of nitrogens with one attached hydrogen (secondary N) is 1. The maximum Gasteiger partial charge on any atom is 0.252 e. The highest BCUT2D eigenvalue weighted by Crippen LogP contribution is 2.22. The molecule has 1 heterocycles. The van der Waals surface area contributed by atoms with Gasteiger partial charge in [-0.05, 0) is 42.0 Å². The molecule has 1 atom stereocenters. The van der Waals surface area contributed by atoms with Crippen molar-refractivity contribution in [2.75, 3.05) is 24.6 Å². The number of carbonyl (C=O) groups excluding carboxylic acids is 1. The zero-order valence-electron chi connectivity index (χ0n) is 11.1. The van der Waals surface area contributed by atoms with Gasteiger partial charge in [-0.2, -0.15) is 11.8 Å². The number of halogens is 1. The molecule has 0 radical (unpaired) electrons. The van der Waals surface area contributed by atoms with Crippen LogP contribution in [0.3, 0.4) is 0 Å². The van der Waals surface area contributed by atoms with Gasteiger partial charge in [-0.25, -0.2) is 4.39 Å². The molecule has 1 aliphatic rings. The number of benzene rings is 1. The average Bonchev–Trinajstić information content (AvgIpc) is 2.96. The molecular weight excluding hydrogens is 275 g/mol. The van der Waals surface area contributed by atoms with Gasteiger partial charge in [0.2, 0.25) is 0 Å². The fourth-order valence-corrected chi connectivity index (χ4v) is 3.33. The molecular formula is C15H17FN2OS. The Kier molecular flexibility index (Phi) is 5.45. The number of carbonyl (C=O) groups is 1. The quantitative estimate of drug-likeness (QED) is 0.832. The van der Waals surface area contributed by atoms with Crippen LogP contribution in [0.5, 0.6) is 0 Å². The van der Waals surface area contributed by atoms with E-state index in [0.29, 0.717) is 23.6 Å². The Bertz CT molecular complexity index is 545. The lowest BCUT2D eigenvalue weighted by Crippen LogP contribution is -2.29. The lowest BCUT2D eigenvalue weighted by atomic mass is 10.1. The number of rotatable bonds is 3. The number of nitrogens with two attached hydrogens (primary N) is 1. The maximum absolute atomic E-state index is 13.2. The Morgan fingerprint density at radius 3 is 3.10 bits per heavy atom. The van der Waals surface area contributed by atoms with Crippen molar-refractivity contribution < 1.29 is 9.18 Å². The van der Waals surface area contributed by atoms with Crippen molar-refractivity contribution in [1.29, 1.82) is 0 Å². The lowest BCUT2D eigenvalue weighted by molar-refractivity contribution is 0.0948. The predicted molar refractivity (Wildman–Crippen MR) is 80.1 cm³/mol. The zero-order chi connectivity index (χ0) is 14.4. The molecule has 1 amide bonds. The third kappa shape index (κ3) is 3.99. The SMILES string of the molecule is NCC#Cc1cc(F)ccc1C(=O)NCC1CCSC1. The van der Waals surface area contributed by atoms with E-state index in [0.717, 1.165) is 17.9 Å². The number of thioether (sulfide) groups is 1. The number of hydrogen-bond acceptors (Lipinski definition) is 3. The van der Waals surface area contributed by atoms with Crippen molar-refractivity contribution in [2.24, 2.45) is 11.7 Å². The van der Waals surface area contributed by atoms with Crippen LogP contribution in [0.15, 0.2) is 18.2 Å². The Morgan fingerprint density at radius 1 is 1.55 bits per heavy atom. The molecule has 0 aromatic heterocycles. The van der Waals surface area contributed by atoms with Crippen LogP contribution in [0.1, 0.15) is 22.3 Å². The van der Waals surface area contributed by atoms with E-state index in [1.807, 2.05) is 11.8 Å². The van der Waals surface area contributed by atoms with E-state index in [9.17, 15) is 9.18 Å². The Morgan fingerprint density at radius 2 is 2.40 bits per heavy atom. The predicted octanol–water partition coefficient (Wildman–Crippen LogP) is 1.62. The molecule has 106 valence electrons. The standard InChI is InChI=1S/C15H17FN2OS/c16-13-3-4-14(12(8-13)2-1-6-17)15(19)18-9-11-5-7-20-10-11/h3-4,8,11H,5-7,9-10,17H2,(H,18,19). The maximum atomic E-state index is 13.2. The zero-order valence-corrected chi connectivity index (χ0v) is 11.9. The Balaban J connectivity index is 2.07. The van der Waals surface area contributed by atoms with Crippen LogP contribution in [0.2, 0.25) is 0 Å². The average molecular weight is 292 g/mol. The van der Waals surface area contributed by atoms with Gasteiger partial charge < -0.3 is 11.1 Å². The van der Waals surface area contributed by atoms with E-state index in [1.54, 1.807) is 0 Å². The highest BCUT2D eigenvalue weighted by atomic mass is 32.2. The summed E-state index contributed by atoms with van der Waals surface area (Å²) < 4.78 is 13.2. The second-order valence-corrected chi connectivity index (χ2v) is 5.79. The van der Waals surface area contributed by atoms with Gasteiger partial charge in [-0.1, -0.05) is 11.8 Å². The van der Waals surface area contributed by atoms with Crippen molar-refractivity contribution in [3.8, 4) is 11.8 Å². The molecule has 20 heavy (non-hydrogen) atoms. The van der Waals surface area contributed by atoms with Crippen LogP contribution < -0.4 is 11.1 Å². The molecule has 5 heteroatoms. The van der Waals surface area contributed by atoms with Gasteiger partial charge in [0, 0.05) is 12.1 Å². The molecule has 1 saturated heterocycles. The lowest BCUT2D eigenvalue weighted by Gasteiger charge is -2.11. The molecule has 1 aromatic rings. The first-order valence-electron chi connectivity index (χ1n) is 6.55. The van der Waals surface area contributed by atoms with Crippen LogP contribution in [0, 0.1) is 23.6 Å². The molecule has 3 N–H and O–H groups in total. The van der Waals surface area contributed by atoms with Gasteiger partial charge in [-0.3, -0.25) is 4.79 Å². The van der Waals surface area contributed by atoms with Crippen molar-refractivity contribution >= 4 is 17.7 Å². The molecule has 3 nitrogen and oxygen atoms in total. The summed E-state index contributed by atoms with van der Waals surface area (Å²) in [5.74, 6) is 7.56. The summed E-state index contributed by atoms with van der Waals surface area (Å²) in [6.07, 6.45) is 1.13. The Labute approximate surface area is 122 Å². The number of hydrogen-bond donors (Lipinski definition) is 2. The monoisotopic (exact) mass is 292 g/mol. The number of amides is 1. The summed E-state index contributed by atoms with van der Waals surface area (Å²) in [4.78, 5) is 12.2. The van der Waals surface area contributed by atoms with E-state index in [4.69, 9.17) is 5.73 Å². The fraction of sp³-hybridized carbons (Fsp3) is 0.400. The fourth-order valence-electron chi connectivity index (χ4n) is 2.04. The Hall–Kier alpha value is -1.51. The summed E-state index contributed by atoms with van der Waals surface area (Å²) in [6, 6.07) is 4.01. The van der Waals surface area contributed by atoms with Crippen molar-refractivity contribution in [3.63, 3.8) is 0 Å². The van der Waals surface area contributed by atoms with Gasteiger partial charge in [0.25, 0.3) is 5.91 Å². The third-order valence-corrected chi connectivity index (χ3v) is 4.36. The molecule has 0 aliphatic carbocycles. The molecule has 0 bridgehead atoms. The smallest absolute Gasteiger partial charge is 0.252 e. The third-order valence-electron chi connectivity index (χ3n) is 3.13. The minimum atomic E-state index is -0.407. The van der Waals surface area contributed by atoms with Crippen LogP contribution in [0.4, 0.5) is 4.39 Å². The van der Waals surface area contributed by atoms with Crippen LogP contribution in [-0.4, -0.2) is 30.5 Å². The largest absolute Gasteiger partial charge is 0.352 e. The first kappa shape index (κ1) is 14.9. The van der Waals surface area contributed by atoms with Gasteiger partial charge in [0.15, 0.2) is 0 Å². The van der Waals surface area contributed by atoms with Crippen LogP contribution in [-0.2, 0) is 0 Å². The van der Waals surface area contributed by atoms with Gasteiger partial charge in [0.05, 0.1) is 12.1 Å². The second-order valence-electron chi connectivity index (χ2n) is 4.64. The summed E-state index contributed by atoms with van der Waals surface area (Å²) in [6.45, 7) is 0.837. The van der Waals surface area contributed by atoms with Crippen LogP contribution in [0.25, 0.3) is 0 Å². The van der Waals surface area contributed by atoms with E-state index in [-0.39, 0.29) is 12.5 Å². The van der Waals surface area contributed by atoms with E-state index in [2.05, 4.69) is 17.2 Å². The van der Waals surface area contributed by atoms with E-state index in [1.165, 1.54) is 18.2 Å². The van der Waals surface area contributed by atoms with E-state index >= 15 is 0 Å². The highest BCUT2D eigenvalue weighted by molar-refractivity contribution is 7.99.